The zero-order valence-corrected chi connectivity index (χ0v) is 17.2. The Bertz CT molecular complexity index is 1310. The summed E-state index contributed by atoms with van der Waals surface area (Å²) in [6.07, 6.45) is 1.45. The third-order valence-electron chi connectivity index (χ3n) is 3.60. The Hall–Kier alpha value is -2.66. The summed E-state index contributed by atoms with van der Waals surface area (Å²) in [5, 5.41) is 22.1. The van der Waals surface area contributed by atoms with Crippen LogP contribution in [0.25, 0.3) is 11.0 Å². The number of pyridine rings is 1. The maximum Gasteiger partial charge on any atom is 0.353 e. The van der Waals surface area contributed by atoms with Crippen molar-refractivity contribution in [3.05, 3.63) is 62.6 Å². The lowest BCUT2D eigenvalue weighted by atomic mass is 10.1. The first-order valence-electron chi connectivity index (χ1n) is 7.81. The molecule has 29 heavy (non-hydrogen) atoms. The fourth-order valence-corrected chi connectivity index (χ4v) is 4.47. The van der Waals surface area contributed by atoms with Crippen LogP contribution in [0.1, 0.15) is 10.4 Å². The number of carbonyl (C=O) groups excluding carboxylic acids is 1. The van der Waals surface area contributed by atoms with Gasteiger partial charge in [0.25, 0.3) is 5.91 Å². The highest BCUT2D eigenvalue weighted by molar-refractivity contribution is 8.01. The van der Waals surface area contributed by atoms with Crippen LogP contribution in [0, 0.1) is 0 Å². The number of benzene rings is 1. The summed E-state index contributed by atoms with van der Waals surface area (Å²) >= 11 is 14.1. The molecule has 0 aliphatic rings. The molecule has 4 rings (SSSR count). The highest BCUT2D eigenvalue weighted by Crippen LogP contribution is 2.35. The standard InChI is InChI=1S/C17H8Cl2N4O4S2/c18-7-5-9(19)14(20-6-7)28-17-23-22-16(29-17)21-13(25)11-12(24)8-3-1-2-4-10(8)27-15(11)26/h1-6,24H,(H,21,22,25). The largest absolute Gasteiger partial charge is 0.506 e. The van der Waals surface area contributed by atoms with Crippen molar-refractivity contribution in [3.8, 4) is 5.75 Å². The van der Waals surface area contributed by atoms with E-state index in [1.54, 1.807) is 18.2 Å². The molecule has 2 N–H and O–H groups in total. The van der Waals surface area contributed by atoms with Crippen molar-refractivity contribution in [2.45, 2.75) is 9.37 Å². The lowest BCUT2D eigenvalue weighted by Gasteiger charge is -2.05. The van der Waals surface area contributed by atoms with Gasteiger partial charge in [-0.05, 0) is 30.0 Å². The first kappa shape index (κ1) is 19.6. The minimum absolute atomic E-state index is 0.120. The SMILES string of the molecule is O=C(Nc1nnc(Sc2ncc(Cl)cc2Cl)s1)c1c(O)c2ccccc2oc1=O. The highest BCUT2D eigenvalue weighted by Gasteiger charge is 2.22. The Balaban J connectivity index is 1.57. The van der Waals surface area contributed by atoms with E-state index < -0.39 is 22.8 Å². The van der Waals surface area contributed by atoms with E-state index in [9.17, 15) is 14.7 Å². The Labute approximate surface area is 180 Å². The number of aromatic hydroxyl groups is 1. The fraction of sp³-hybridized carbons (Fsp3) is 0. The molecule has 8 nitrogen and oxygen atoms in total. The van der Waals surface area contributed by atoms with E-state index in [1.165, 1.54) is 18.3 Å². The molecule has 0 radical (unpaired) electrons. The molecule has 12 heteroatoms. The van der Waals surface area contributed by atoms with Crippen LogP contribution in [-0.4, -0.2) is 26.2 Å². The fourth-order valence-electron chi connectivity index (χ4n) is 2.35. The average Bonchev–Trinajstić information content (AvgIpc) is 3.11. The Morgan fingerprint density at radius 2 is 2.03 bits per heavy atom. The monoisotopic (exact) mass is 466 g/mol. The maximum absolute atomic E-state index is 12.5. The number of amides is 1. The van der Waals surface area contributed by atoms with Crippen molar-refractivity contribution in [3.63, 3.8) is 0 Å². The third kappa shape index (κ3) is 4.06. The van der Waals surface area contributed by atoms with Crippen molar-refractivity contribution >= 4 is 68.3 Å². The molecule has 0 aliphatic carbocycles. The summed E-state index contributed by atoms with van der Waals surface area (Å²) in [6, 6.07) is 7.89. The average molecular weight is 467 g/mol. The van der Waals surface area contributed by atoms with E-state index in [2.05, 4.69) is 20.5 Å². The van der Waals surface area contributed by atoms with Gasteiger partial charge in [-0.3, -0.25) is 10.1 Å². The summed E-state index contributed by atoms with van der Waals surface area (Å²) < 4.78 is 5.54. The van der Waals surface area contributed by atoms with Gasteiger partial charge in [-0.25, -0.2) is 9.78 Å². The van der Waals surface area contributed by atoms with E-state index in [0.29, 0.717) is 19.4 Å². The molecule has 3 heterocycles. The first-order chi connectivity index (χ1) is 13.9. The molecular weight excluding hydrogens is 459 g/mol. The lowest BCUT2D eigenvalue weighted by Crippen LogP contribution is -2.21. The maximum atomic E-state index is 12.5. The van der Waals surface area contributed by atoms with Crippen LogP contribution in [0.4, 0.5) is 5.13 Å². The van der Waals surface area contributed by atoms with Crippen LogP contribution in [-0.2, 0) is 0 Å². The second-order valence-corrected chi connectivity index (χ2v) is 8.54. The predicted octanol–water partition coefficient (Wildman–Crippen LogP) is 4.46. The normalized spacial score (nSPS) is 11.0. The van der Waals surface area contributed by atoms with Crippen LogP contribution < -0.4 is 10.9 Å². The van der Waals surface area contributed by atoms with Gasteiger partial charge < -0.3 is 9.52 Å². The number of aromatic nitrogens is 3. The zero-order valence-electron chi connectivity index (χ0n) is 14.1. The van der Waals surface area contributed by atoms with Gasteiger partial charge in [0.1, 0.15) is 16.4 Å². The third-order valence-corrected chi connectivity index (χ3v) is 6.11. The molecule has 0 aliphatic heterocycles. The number of rotatable bonds is 4. The van der Waals surface area contributed by atoms with Gasteiger partial charge in [0, 0.05) is 6.20 Å². The second-order valence-electron chi connectivity index (χ2n) is 5.48. The van der Waals surface area contributed by atoms with Gasteiger partial charge in [0.15, 0.2) is 9.90 Å². The number of anilines is 1. The Morgan fingerprint density at radius 3 is 2.83 bits per heavy atom. The molecule has 0 spiro atoms. The number of fused-ring (bicyclic) bond motifs is 1. The van der Waals surface area contributed by atoms with Crippen molar-refractivity contribution in [2.24, 2.45) is 0 Å². The van der Waals surface area contributed by atoms with Crippen molar-refractivity contribution in [1.29, 1.82) is 0 Å². The van der Waals surface area contributed by atoms with E-state index in [-0.39, 0.29) is 16.1 Å². The number of carbonyl (C=O) groups is 1. The van der Waals surface area contributed by atoms with Crippen LogP contribution in [0.5, 0.6) is 5.75 Å². The zero-order chi connectivity index (χ0) is 20.5. The molecule has 0 unspecified atom stereocenters. The molecule has 0 bridgehead atoms. The van der Waals surface area contributed by atoms with Crippen LogP contribution >= 0.6 is 46.3 Å². The molecule has 146 valence electrons. The van der Waals surface area contributed by atoms with Gasteiger partial charge >= 0.3 is 5.63 Å². The topological polar surface area (TPSA) is 118 Å². The van der Waals surface area contributed by atoms with Gasteiger partial charge in [-0.2, -0.15) is 0 Å². The Kier molecular flexibility index (Phi) is 5.41. The molecule has 1 aromatic carbocycles. The molecule has 0 fully saturated rings. The number of halogens is 2. The van der Waals surface area contributed by atoms with Crippen LogP contribution in [0.2, 0.25) is 10.0 Å². The molecule has 0 atom stereocenters. The van der Waals surface area contributed by atoms with Gasteiger partial charge in [-0.1, -0.05) is 46.7 Å². The Morgan fingerprint density at radius 1 is 1.24 bits per heavy atom. The van der Waals surface area contributed by atoms with E-state index in [1.807, 2.05) is 0 Å². The smallest absolute Gasteiger partial charge is 0.353 e. The van der Waals surface area contributed by atoms with E-state index in [0.717, 1.165) is 23.1 Å². The van der Waals surface area contributed by atoms with Crippen molar-refractivity contribution < 1.29 is 14.3 Å². The molecular formula is C17H8Cl2N4O4S2. The lowest BCUT2D eigenvalue weighted by molar-refractivity contribution is 0.102. The van der Waals surface area contributed by atoms with E-state index >= 15 is 0 Å². The molecule has 0 saturated heterocycles. The molecule has 4 aromatic rings. The number of nitrogens with one attached hydrogen (secondary N) is 1. The minimum Gasteiger partial charge on any atom is -0.506 e. The second kappa shape index (κ2) is 7.99. The minimum atomic E-state index is -0.963. The van der Waals surface area contributed by atoms with Crippen molar-refractivity contribution in [1.82, 2.24) is 15.2 Å². The summed E-state index contributed by atoms with van der Waals surface area (Å²) in [6.45, 7) is 0. The van der Waals surface area contributed by atoms with Crippen molar-refractivity contribution in [2.75, 3.05) is 5.32 Å². The van der Waals surface area contributed by atoms with Gasteiger partial charge in [0.2, 0.25) is 5.13 Å². The summed E-state index contributed by atoms with van der Waals surface area (Å²) in [5.41, 5.74) is -1.31. The molecule has 0 saturated carbocycles. The summed E-state index contributed by atoms with van der Waals surface area (Å²) in [7, 11) is 0. The number of hydrogen-bond acceptors (Lipinski definition) is 9. The number of para-hydroxylation sites is 1. The van der Waals surface area contributed by atoms with Gasteiger partial charge in [0.05, 0.1) is 15.4 Å². The summed E-state index contributed by atoms with van der Waals surface area (Å²) in [5.74, 6) is -1.33. The van der Waals surface area contributed by atoms with Gasteiger partial charge in [-0.15, -0.1) is 10.2 Å². The highest BCUT2D eigenvalue weighted by atomic mass is 35.5. The molecule has 3 aromatic heterocycles. The molecule has 1 amide bonds. The first-order valence-corrected chi connectivity index (χ1v) is 10.2. The quantitative estimate of drug-likeness (QED) is 0.334. The predicted molar refractivity (Wildman–Crippen MR) is 110 cm³/mol. The van der Waals surface area contributed by atoms with Crippen LogP contribution in [0.15, 0.2) is 55.1 Å². The summed E-state index contributed by atoms with van der Waals surface area (Å²) in [4.78, 5) is 28.8. The van der Waals surface area contributed by atoms with Crippen LogP contribution in [0.3, 0.4) is 0 Å². The van der Waals surface area contributed by atoms with E-state index in [4.69, 9.17) is 27.6 Å². The number of hydrogen-bond donors (Lipinski definition) is 2. The number of nitrogens with zero attached hydrogens (tertiary/aromatic N) is 3.